The first-order valence-electron chi connectivity index (χ1n) is 9.76. The van der Waals surface area contributed by atoms with Gasteiger partial charge >= 0.3 is 0 Å². The van der Waals surface area contributed by atoms with E-state index in [1.165, 1.54) is 0 Å². The summed E-state index contributed by atoms with van der Waals surface area (Å²) in [5, 5.41) is 2.79. The number of hydrogen-bond donors (Lipinski definition) is 1. The molecular formula is C21H26N2O6S. The van der Waals surface area contributed by atoms with Crippen molar-refractivity contribution < 1.29 is 27.4 Å². The summed E-state index contributed by atoms with van der Waals surface area (Å²) in [5.74, 6) is 1.34. The summed E-state index contributed by atoms with van der Waals surface area (Å²) in [6.07, 6.45) is 1.38. The zero-order valence-electron chi connectivity index (χ0n) is 17.3. The number of fused-ring (bicyclic) bond motifs is 1. The third kappa shape index (κ3) is 4.96. The van der Waals surface area contributed by atoms with Crippen LogP contribution in [0.15, 0.2) is 42.5 Å². The summed E-state index contributed by atoms with van der Waals surface area (Å²) in [6.45, 7) is 5.04. The van der Waals surface area contributed by atoms with Gasteiger partial charge in [0.05, 0.1) is 18.6 Å². The SMILES string of the molecule is CCOc1ccc(N([C@H](CC)C(=O)Nc2ccc3c(c2)OCCO3)S(C)(=O)=O)cc1. The Hall–Kier alpha value is -2.94. The molecule has 30 heavy (non-hydrogen) atoms. The molecule has 1 heterocycles. The molecule has 1 N–H and O–H groups in total. The Balaban J connectivity index is 1.85. The molecule has 8 nitrogen and oxygen atoms in total. The van der Waals surface area contributed by atoms with Crippen molar-refractivity contribution in [1.82, 2.24) is 0 Å². The van der Waals surface area contributed by atoms with Crippen molar-refractivity contribution in [2.45, 2.75) is 26.3 Å². The highest BCUT2D eigenvalue weighted by atomic mass is 32.2. The van der Waals surface area contributed by atoms with Crippen molar-refractivity contribution >= 4 is 27.3 Å². The number of carbonyl (C=O) groups excluding carboxylic acids is 1. The lowest BCUT2D eigenvalue weighted by Gasteiger charge is -2.30. The molecule has 0 spiro atoms. The van der Waals surface area contributed by atoms with E-state index in [1.807, 2.05) is 6.92 Å². The van der Waals surface area contributed by atoms with Gasteiger partial charge in [-0.25, -0.2) is 8.42 Å². The summed E-state index contributed by atoms with van der Waals surface area (Å²) in [4.78, 5) is 13.0. The first-order chi connectivity index (χ1) is 14.3. The molecule has 0 aromatic heterocycles. The van der Waals surface area contributed by atoms with Gasteiger partial charge in [-0.3, -0.25) is 9.10 Å². The monoisotopic (exact) mass is 434 g/mol. The average molecular weight is 435 g/mol. The molecule has 0 aliphatic carbocycles. The quantitative estimate of drug-likeness (QED) is 0.686. The van der Waals surface area contributed by atoms with E-state index in [2.05, 4.69) is 5.32 Å². The molecule has 3 rings (SSSR count). The Morgan fingerprint density at radius 3 is 2.37 bits per heavy atom. The largest absolute Gasteiger partial charge is 0.494 e. The number of anilines is 2. The highest BCUT2D eigenvalue weighted by Gasteiger charge is 2.31. The smallest absolute Gasteiger partial charge is 0.248 e. The molecule has 0 saturated carbocycles. The number of nitrogens with zero attached hydrogens (tertiary/aromatic N) is 1. The number of sulfonamides is 1. The summed E-state index contributed by atoms with van der Waals surface area (Å²) in [6, 6.07) is 10.8. The minimum Gasteiger partial charge on any atom is -0.494 e. The number of nitrogens with one attached hydrogen (secondary N) is 1. The molecule has 1 aliphatic rings. The van der Waals surface area contributed by atoms with E-state index >= 15 is 0 Å². The number of ether oxygens (including phenoxy) is 3. The van der Waals surface area contributed by atoms with Crippen LogP contribution in [0.1, 0.15) is 20.3 Å². The van der Waals surface area contributed by atoms with Crippen LogP contribution in [0.2, 0.25) is 0 Å². The number of rotatable bonds is 8. The van der Waals surface area contributed by atoms with Gasteiger partial charge < -0.3 is 19.5 Å². The van der Waals surface area contributed by atoms with Gasteiger partial charge in [0, 0.05) is 11.8 Å². The van der Waals surface area contributed by atoms with Crippen molar-refractivity contribution in [3.63, 3.8) is 0 Å². The number of carbonyl (C=O) groups is 1. The summed E-state index contributed by atoms with van der Waals surface area (Å²) < 4.78 is 42.7. The standard InChI is InChI=1S/C21H26N2O6S/c1-4-18(21(24)22-15-6-11-19-20(14-15)29-13-12-28-19)23(30(3,25)26)16-7-9-17(10-8-16)27-5-2/h6-11,14,18H,4-5,12-13H2,1-3H3,(H,22,24)/t18-/m1/s1. The van der Waals surface area contributed by atoms with Gasteiger partial charge in [-0.05, 0) is 49.7 Å². The maximum Gasteiger partial charge on any atom is 0.248 e. The van der Waals surface area contributed by atoms with Crippen LogP contribution >= 0.6 is 0 Å². The highest BCUT2D eigenvalue weighted by molar-refractivity contribution is 7.92. The lowest BCUT2D eigenvalue weighted by atomic mass is 10.1. The molecule has 0 saturated heterocycles. The van der Waals surface area contributed by atoms with E-state index in [-0.39, 0.29) is 6.42 Å². The second-order valence-corrected chi connectivity index (χ2v) is 8.62. The van der Waals surface area contributed by atoms with E-state index in [1.54, 1.807) is 49.4 Å². The maximum absolute atomic E-state index is 13.0. The molecule has 0 radical (unpaired) electrons. The van der Waals surface area contributed by atoms with Crippen molar-refractivity contribution in [3.8, 4) is 17.2 Å². The number of benzene rings is 2. The zero-order valence-corrected chi connectivity index (χ0v) is 18.1. The molecule has 1 aliphatic heterocycles. The van der Waals surface area contributed by atoms with E-state index in [4.69, 9.17) is 14.2 Å². The Morgan fingerprint density at radius 2 is 1.77 bits per heavy atom. The van der Waals surface area contributed by atoms with Crippen molar-refractivity contribution in [2.75, 3.05) is 35.7 Å². The highest BCUT2D eigenvalue weighted by Crippen LogP contribution is 2.33. The third-order valence-corrected chi connectivity index (χ3v) is 5.72. The first kappa shape index (κ1) is 21.8. The van der Waals surface area contributed by atoms with Crippen LogP contribution in [-0.4, -0.2) is 46.4 Å². The maximum atomic E-state index is 13.0. The summed E-state index contributed by atoms with van der Waals surface area (Å²) in [5.41, 5.74) is 0.896. The number of hydrogen-bond acceptors (Lipinski definition) is 6. The van der Waals surface area contributed by atoms with Gasteiger partial charge in [0.15, 0.2) is 11.5 Å². The lowest BCUT2D eigenvalue weighted by molar-refractivity contribution is -0.117. The molecule has 0 bridgehead atoms. The van der Waals surface area contributed by atoms with Gasteiger partial charge in [0.1, 0.15) is 25.0 Å². The van der Waals surface area contributed by atoms with Gasteiger partial charge in [-0.2, -0.15) is 0 Å². The topological polar surface area (TPSA) is 94.2 Å². The average Bonchev–Trinajstić information content (AvgIpc) is 2.72. The molecular weight excluding hydrogens is 408 g/mol. The predicted molar refractivity (Wildman–Crippen MR) is 115 cm³/mol. The van der Waals surface area contributed by atoms with Crippen molar-refractivity contribution in [3.05, 3.63) is 42.5 Å². The Morgan fingerprint density at radius 1 is 1.10 bits per heavy atom. The fraction of sp³-hybridized carbons (Fsp3) is 0.381. The second-order valence-electron chi connectivity index (χ2n) is 6.76. The molecule has 1 amide bonds. The van der Waals surface area contributed by atoms with Crippen LogP contribution in [-0.2, 0) is 14.8 Å². The molecule has 9 heteroatoms. The fourth-order valence-corrected chi connectivity index (χ4v) is 4.47. The molecule has 0 fully saturated rings. The van der Waals surface area contributed by atoms with E-state index in [0.29, 0.717) is 48.4 Å². The zero-order chi connectivity index (χ0) is 21.7. The first-order valence-corrected chi connectivity index (χ1v) is 11.6. The second kappa shape index (κ2) is 9.25. The van der Waals surface area contributed by atoms with E-state index in [0.717, 1.165) is 10.6 Å². The van der Waals surface area contributed by atoms with Crippen LogP contribution in [0.25, 0.3) is 0 Å². The molecule has 2 aromatic rings. The van der Waals surface area contributed by atoms with Gasteiger partial charge in [0.2, 0.25) is 15.9 Å². The Kier molecular flexibility index (Phi) is 6.71. The Bertz CT molecular complexity index is 991. The van der Waals surface area contributed by atoms with E-state index < -0.39 is 22.0 Å². The van der Waals surface area contributed by atoms with Gasteiger partial charge in [-0.15, -0.1) is 0 Å². The van der Waals surface area contributed by atoms with Crippen molar-refractivity contribution in [2.24, 2.45) is 0 Å². The molecule has 162 valence electrons. The van der Waals surface area contributed by atoms with Crippen LogP contribution in [0, 0.1) is 0 Å². The number of amides is 1. The van der Waals surface area contributed by atoms with Crippen LogP contribution in [0.4, 0.5) is 11.4 Å². The summed E-state index contributed by atoms with van der Waals surface area (Å²) >= 11 is 0. The minimum absolute atomic E-state index is 0.288. The summed E-state index contributed by atoms with van der Waals surface area (Å²) in [7, 11) is -3.72. The van der Waals surface area contributed by atoms with Crippen LogP contribution in [0.3, 0.4) is 0 Å². The van der Waals surface area contributed by atoms with Crippen molar-refractivity contribution in [1.29, 1.82) is 0 Å². The van der Waals surface area contributed by atoms with E-state index in [9.17, 15) is 13.2 Å². The normalized spacial score (nSPS) is 14.0. The molecule has 0 unspecified atom stereocenters. The van der Waals surface area contributed by atoms with Gasteiger partial charge in [0.25, 0.3) is 0 Å². The Labute approximate surface area is 176 Å². The lowest BCUT2D eigenvalue weighted by Crippen LogP contribution is -2.47. The fourth-order valence-electron chi connectivity index (χ4n) is 3.26. The third-order valence-electron chi connectivity index (χ3n) is 4.54. The van der Waals surface area contributed by atoms with Crippen LogP contribution in [0.5, 0.6) is 17.2 Å². The predicted octanol–water partition coefficient (Wildman–Crippen LogP) is 3.04. The molecule has 2 aromatic carbocycles. The van der Waals surface area contributed by atoms with Crippen LogP contribution < -0.4 is 23.8 Å². The minimum atomic E-state index is -3.72. The molecule has 1 atom stereocenters. The van der Waals surface area contributed by atoms with Gasteiger partial charge in [-0.1, -0.05) is 6.92 Å².